The van der Waals surface area contributed by atoms with Gasteiger partial charge in [-0.2, -0.15) is 0 Å². The van der Waals surface area contributed by atoms with Crippen LogP contribution in [0.5, 0.6) is 0 Å². The Balaban J connectivity index is 1.98. The summed E-state index contributed by atoms with van der Waals surface area (Å²) in [5, 5.41) is 2.99. The lowest BCUT2D eigenvalue weighted by atomic mass is 9.91. The molecule has 1 atom stereocenters. The predicted molar refractivity (Wildman–Crippen MR) is 118 cm³/mol. The van der Waals surface area contributed by atoms with E-state index < -0.39 is 33.8 Å². The molecule has 0 heterocycles. The Bertz CT molecular complexity index is 1100. The summed E-state index contributed by atoms with van der Waals surface area (Å²) in [6.07, 6.45) is 1.01. The van der Waals surface area contributed by atoms with E-state index in [-0.39, 0.29) is 41.3 Å². The number of alkyl halides is 2. The molecule has 1 N–H and O–H groups in total. The smallest absolute Gasteiger partial charge is 0.248 e. The molecular weight excluding hydrogens is 462 g/mol. The molecule has 10 heteroatoms. The van der Waals surface area contributed by atoms with E-state index in [9.17, 15) is 26.8 Å². The second-order valence-corrected chi connectivity index (χ2v) is 10.3. The Labute approximate surface area is 190 Å². The van der Waals surface area contributed by atoms with E-state index >= 15 is 0 Å². The fraction of sp³-hybridized carbons (Fsp3) is 0.364. The molecule has 0 bridgehead atoms. The molecule has 6 nitrogen and oxygen atoms in total. The molecule has 1 aliphatic carbocycles. The third-order valence-electron chi connectivity index (χ3n) is 5.45. The van der Waals surface area contributed by atoms with E-state index in [0.717, 1.165) is 11.2 Å². The van der Waals surface area contributed by atoms with E-state index in [1.165, 1.54) is 24.3 Å². The van der Waals surface area contributed by atoms with Gasteiger partial charge in [0.2, 0.25) is 18.2 Å². The maximum Gasteiger partial charge on any atom is 0.248 e. The SMILES string of the molecule is CS(=O)(=O)c1cccc(N(C=O)C(C(=O)NC2CCC(F)(F)CC2)c2ccccc2Cl)c1. The van der Waals surface area contributed by atoms with Gasteiger partial charge in [-0.15, -0.1) is 0 Å². The molecule has 32 heavy (non-hydrogen) atoms. The quantitative estimate of drug-likeness (QED) is 0.599. The Morgan fingerprint density at radius 2 is 1.84 bits per heavy atom. The highest BCUT2D eigenvalue weighted by Crippen LogP contribution is 2.35. The van der Waals surface area contributed by atoms with Crippen LogP contribution in [-0.2, 0) is 19.4 Å². The highest BCUT2D eigenvalue weighted by Gasteiger charge is 2.37. The second-order valence-electron chi connectivity index (χ2n) is 7.85. The van der Waals surface area contributed by atoms with Crippen LogP contribution in [0.2, 0.25) is 5.02 Å². The summed E-state index contributed by atoms with van der Waals surface area (Å²) in [5.74, 6) is -3.34. The normalized spacial score (nSPS) is 17.4. The lowest BCUT2D eigenvalue weighted by Crippen LogP contribution is -2.46. The van der Waals surface area contributed by atoms with Gasteiger partial charge in [-0.05, 0) is 37.1 Å². The summed E-state index contributed by atoms with van der Waals surface area (Å²) >= 11 is 6.32. The van der Waals surface area contributed by atoms with Crippen molar-refractivity contribution in [3.8, 4) is 0 Å². The first-order valence-electron chi connectivity index (χ1n) is 9.98. The molecule has 0 saturated heterocycles. The van der Waals surface area contributed by atoms with Gasteiger partial charge in [0, 0.05) is 41.4 Å². The number of rotatable bonds is 7. The number of nitrogens with one attached hydrogen (secondary N) is 1. The number of hydrogen-bond donors (Lipinski definition) is 1. The molecule has 0 aromatic heterocycles. The minimum absolute atomic E-state index is 0.0188. The third kappa shape index (κ3) is 5.63. The van der Waals surface area contributed by atoms with Gasteiger partial charge in [-0.25, -0.2) is 17.2 Å². The summed E-state index contributed by atoms with van der Waals surface area (Å²) in [4.78, 5) is 26.5. The molecule has 1 saturated carbocycles. The number of carbonyl (C=O) groups excluding carboxylic acids is 2. The summed E-state index contributed by atoms with van der Waals surface area (Å²) in [6, 6.07) is 10.4. The molecular formula is C22H23ClF2N2O4S. The third-order valence-corrected chi connectivity index (χ3v) is 6.90. The Morgan fingerprint density at radius 3 is 2.44 bits per heavy atom. The highest BCUT2D eigenvalue weighted by atomic mass is 35.5. The van der Waals surface area contributed by atoms with Crippen molar-refractivity contribution in [3.05, 3.63) is 59.1 Å². The van der Waals surface area contributed by atoms with Crippen LogP contribution in [0.4, 0.5) is 14.5 Å². The molecule has 1 unspecified atom stereocenters. The van der Waals surface area contributed by atoms with Crippen molar-refractivity contribution in [2.75, 3.05) is 11.2 Å². The number of halogens is 3. The van der Waals surface area contributed by atoms with Crippen LogP contribution in [0.15, 0.2) is 53.4 Å². The fourth-order valence-electron chi connectivity index (χ4n) is 3.72. The Hall–Kier alpha value is -2.52. The van der Waals surface area contributed by atoms with E-state index in [0.29, 0.717) is 12.0 Å². The zero-order chi connectivity index (χ0) is 23.5. The molecule has 0 spiro atoms. The number of nitrogens with zero attached hydrogens (tertiary/aromatic N) is 1. The van der Waals surface area contributed by atoms with Crippen molar-refractivity contribution in [2.24, 2.45) is 0 Å². The van der Waals surface area contributed by atoms with E-state index in [1.54, 1.807) is 24.3 Å². The first-order chi connectivity index (χ1) is 15.0. The van der Waals surface area contributed by atoms with E-state index in [1.807, 2.05) is 0 Å². The van der Waals surface area contributed by atoms with Crippen molar-refractivity contribution >= 4 is 39.4 Å². The van der Waals surface area contributed by atoms with Gasteiger partial charge in [0.15, 0.2) is 9.84 Å². The molecule has 0 aliphatic heterocycles. The van der Waals surface area contributed by atoms with Gasteiger partial charge >= 0.3 is 0 Å². The maximum atomic E-state index is 13.5. The summed E-state index contributed by atoms with van der Waals surface area (Å²) < 4.78 is 50.9. The van der Waals surface area contributed by atoms with Crippen LogP contribution in [0.25, 0.3) is 0 Å². The predicted octanol–water partition coefficient (Wildman–Crippen LogP) is 4.14. The van der Waals surface area contributed by atoms with Gasteiger partial charge < -0.3 is 5.32 Å². The number of sulfone groups is 1. The zero-order valence-electron chi connectivity index (χ0n) is 17.3. The van der Waals surface area contributed by atoms with Crippen LogP contribution in [0, 0.1) is 0 Å². The minimum atomic E-state index is -3.56. The lowest BCUT2D eigenvalue weighted by Gasteiger charge is -2.33. The average molecular weight is 485 g/mol. The summed E-state index contributed by atoms with van der Waals surface area (Å²) in [7, 11) is -3.56. The molecule has 2 aromatic rings. The maximum absolute atomic E-state index is 13.5. The van der Waals surface area contributed by atoms with Crippen LogP contribution in [0.3, 0.4) is 0 Å². The van der Waals surface area contributed by atoms with E-state index in [4.69, 9.17) is 11.6 Å². The van der Waals surface area contributed by atoms with Crippen LogP contribution < -0.4 is 10.2 Å². The van der Waals surface area contributed by atoms with Crippen molar-refractivity contribution in [1.29, 1.82) is 0 Å². The van der Waals surface area contributed by atoms with Gasteiger partial charge in [0.05, 0.1) is 4.90 Å². The summed E-state index contributed by atoms with van der Waals surface area (Å²) in [6.45, 7) is 0. The first kappa shape index (κ1) is 24.1. The van der Waals surface area contributed by atoms with Crippen molar-refractivity contribution in [3.63, 3.8) is 0 Å². The largest absolute Gasteiger partial charge is 0.351 e. The van der Waals surface area contributed by atoms with Crippen molar-refractivity contribution in [2.45, 2.75) is 48.6 Å². The average Bonchev–Trinajstić information content (AvgIpc) is 2.73. The van der Waals surface area contributed by atoms with E-state index in [2.05, 4.69) is 5.32 Å². The van der Waals surface area contributed by atoms with Crippen LogP contribution in [-0.4, -0.2) is 39.0 Å². The summed E-state index contributed by atoms with van der Waals surface area (Å²) in [5.41, 5.74) is 0.503. The molecule has 0 radical (unpaired) electrons. The van der Waals surface area contributed by atoms with Gasteiger partial charge in [-0.3, -0.25) is 14.5 Å². The standard InChI is InChI=1S/C22H23ClF2N2O4S/c1-32(30,31)17-6-4-5-16(13-17)27(14-28)20(18-7-2-3-8-19(18)23)21(29)26-15-9-11-22(24,25)12-10-15/h2-8,13-15,20H,9-12H2,1H3,(H,26,29). The minimum Gasteiger partial charge on any atom is -0.351 e. The van der Waals surface area contributed by atoms with Gasteiger partial charge in [0.25, 0.3) is 0 Å². The highest BCUT2D eigenvalue weighted by molar-refractivity contribution is 7.90. The van der Waals surface area contributed by atoms with Gasteiger partial charge in [0.1, 0.15) is 6.04 Å². The topological polar surface area (TPSA) is 83.6 Å². The zero-order valence-corrected chi connectivity index (χ0v) is 18.9. The van der Waals surface area contributed by atoms with Gasteiger partial charge in [-0.1, -0.05) is 35.9 Å². The monoisotopic (exact) mass is 484 g/mol. The first-order valence-corrected chi connectivity index (χ1v) is 12.3. The van der Waals surface area contributed by atoms with Crippen LogP contribution in [0.1, 0.15) is 37.3 Å². The fourth-order valence-corrected chi connectivity index (χ4v) is 4.62. The Morgan fingerprint density at radius 1 is 1.19 bits per heavy atom. The van der Waals surface area contributed by atoms with Crippen molar-refractivity contribution in [1.82, 2.24) is 5.32 Å². The number of anilines is 1. The molecule has 3 rings (SSSR count). The number of carbonyl (C=O) groups is 2. The lowest BCUT2D eigenvalue weighted by molar-refractivity contribution is -0.125. The molecule has 2 aromatic carbocycles. The molecule has 172 valence electrons. The molecule has 1 aliphatic rings. The molecule has 2 amide bonds. The number of hydrogen-bond acceptors (Lipinski definition) is 4. The Kier molecular flexibility index (Phi) is 7.19. The molecule has 1 fully saturated rings. The number of benzene rings is 2. The van der Waals surface area contributed by atoms with Crippen molar-refractivity contribution < 1.29 is 26.8 Å². The van der Waals surface area contributed by atoms with Crippen LogP contribution >= 0.6 is 11.6 Å². The number of amides is 2. The second kappa shape index (κ2) is 9.54.